The van der Waals surface area contributed by atoms with Gasteiger partial charge in [0.2, 0.25) is 5.91 Å². The monoisotopic (exact) mass is 200 g/mol. The summed E-state index contributed by atoms with van der Waals surface area (Å²) in [6.07, 6.45) is 1.56. The third-order valence-corrected chi connectivity index (χ3v) is 2.30. The molecule has 2 N–H and O–H groups in total. The van der Waals surface area contributed by atoms with E-state index in [0.717, 1.165) is 25.9 Å². The Balaban J connectivity index is 2.28. The Kier molecular flexibility index (Phi) is 3.88. The summed E-state index contributed by atoms with van der Waals surface area (Å²) in [4.78, 5) is 23.5. The number of hydrogen-bond donors (Lipinski definition) is 2. The number of aliphatic carboxylic acids is 1. The Morgan fingerprint density at radius 2 is 2.29 bits per heavy atom. The predicted molar refractivity (Wildman–Crippen MR) is 50.9 cm³/mol. The first-order valence-electron chi connectivity index (χ1n) is 4.77. The molecule has 0 spiro atoms. The van der Waals surface area contributed by atoms with Crippen molar-refractivity contribution in [3.63, 3.8) is 0 Å². The van der Waals surface area contributed by atoms with Gasteiger partial charge < -0.3 is 15.3 Å². The van der Waals surface area contributed by atoms with Gasteiger partial charge in [-0.25, -0.2) is 0 Å². The zero-order chi connectivity index (χ0) is 10.6. The highest BCUT2D eigenvalue weighted by Gasteiger charge is 2.19. The molecule has 1 aliphatic rings. The molecule has 0 radical (unpaired) electrons. The highest BCUT2D eigenvalue weighted by Crippen LogP contribution is 2.07. The van der Waals surface area contributed by atoms with Gasteiger partial charge in [-0.15, -0.1) is 0 Å². The van der Waals surface area contributed by atoms with Crippen LogP contribution in [0.1, 0.15) is 19.3 Å². The van der Waals surface area contributed by atoms with Gasteiger partial charge in [-0.2, -0.15) is 0 Å². The van der Waals surface area contributed by atoms with Crippen LogP contribution in [0.15, 0.2) is 0 Å². The molecule has 1 rings (SSSR count). The average molecular weight is 200 g/mol. The summed E-state index contributed by atoms with van der Waals surface area (Å²) in [6, 6.07) is 0.112. The first-order chi connectivity index (χ1) is 6.58. The number of carboxylic acids is 1. The van der Waals surface area contributed by atoms with Crippen LogP contribution in [0.2, 0.25) is 0 Å². The van der Waals surface area contributed by atoms with E-state index >= 15 is 0 Å². The van der Waals surface area contributed by atoms with Crippen molar-refractivity contribution in [3.8, 4) is 0 Å². The van der Waals surface area contributed by atoms with Gasteiger partial charge in [0.25, 0.3) is 0 Å². The SMILES string of the molecule is CN1CCCC(NC(=O)CC(=O)O)C1. The van der Waals surface area contributed by atoms with Crippen LogP contribution < -0.4 is 5.32 Å². The maximum atomic E-state index is 11.1. The average Bonchev–Trinajstić information content (AvgIpc) is 2.01. The summed E-state index contributed by atoms with van der Waals surface area (Å²) in [7, 11) is 2.00. The van der Waals surface area contributed by atoms with Crippen molar-refractivity contribution >= 4 is 11.9 Å². The van der Waals surface area contributed by atoms with Crippen LogP contribution in [0.25, 0.3) is 0 Å². The molecule has 0 aliphatic carbocycles. The standard InChI is InChI=1S/C9H16N2O3/c1-11-4-2-3-7(6-11)10-8(12)5-9(13)14/h7H,2-6H2,1H3,(H,10,12)(H,13,14). The van der Waals surface area contributed by atoms with Gasteiger partial charge in [0.05, 0.1) is 0 Å². The van der Waals surface area contributed by atoms with Crippen molar-refractivity contribution < 1.29 is 14.7 Å². The number of nitrogens with one attached hydrogen (secondary N) is 1. The fraction of sp³-hybridized carbons (Fsp3) is 0.778. The van der Waals surface area contributed by atoms with E-state index in [1.165, 1.54) is 0 Å². The first kappa shape index (κ1) is 11.0. The van der Waals surface area contributed by atoms with Crippen LogP contribution in [-0.2, 0) is 9.59 Å². The van der Waals surface area contributed by atoms with E-state index in [9.17, 15) is 9.59 Å². The normalized spacial score (nSPS) is 23.1. The summed E-state index contributed by atoms with van der Waals surface area (Å²) in [6.45, 7) is 1.86. The maximum Gasteiger partial charge on any atom is 0.312 e. The first-order valence-corrected chi connectivity index (χ1v) is 4.77. The Labute approximate surface area is 83.1 Å². The Bertz CT molecular complexity index is 230. The summed E-state index contributed by atoms with van der Waals surface area (Å²) >= 11 is 0. The Morgan fingerprint density at radius 1 is 1.57 bits per heavy atom. The summed E-state index contributed by atoms with van der Waals surface area (Å²) < 4.78 is 0. The zero-order valence-corrected chi connectivity index (χ0v) is 8.32. The Morgan fingerprint density at radius 3 is 2.86 bits per heavy atom. The molecule has 1 amide bonds. The highest BCUT2D eigenvalue weighted by molar-refractivity contribution is 5.93. The van der Waals surface area contributed by atoms with Gasteiger partial charge in [0.15, 0.2) is 0 Å². The molecule has 1 fully saturated rings. The van der Waals surface area contributed by atoms with E-state index in [1.807, 2.05) is 7.05 Å². The maximum absolute atomic E-state index is 11.1. The van der Waals surface area contributed by atoms with E-state index in [2.05, 4.69) is 10.2 Å². The smallest absolute Gasteiger partial charge is 0.312 e. The number of amides is 1. The molecule has 5 nitrogen and oxygen atoms in total. The molecule has 1 aliphatic heterocycles. The number of rotatable bonds is 3. The van der Waals surface area contributed by atoms with Crippen molar-refractivity contribution in [3.05, 3.63) is 0 Å². The molecule has 5 heteroatoms. The number of carboxylic acid groups (broad SMARTS) is 1. The molecule has 80 valence electrons. The predicted octanol–water partition coefficient (Wildman–Crippen LogP) is -0.328. The molecule has 1 heterocycles. The molecule has 1 atom stereocenters. The zero-order valence-electron chi connectivity index (χ0n) is 8.32. The minimum atomic E-state index is -1.08. The van der Waals surface area contributed by atoms with Crippen molar-refractivity contribution in [2.75, 3.05) is 20.1 Å². The molecular formula is C9H16N2O3. The molecule has 0 aromatic carbocycles. The highest BCUT2D eigenvalue weighted by atomic mass is 16.4. The lowest BCUT2D eigenvalue weighted by atomic mass is 10.1. The lowest BCUT2D eigenvalue weighted by Crippen LogP contribution is -2.46. The van der Waals surface area contributed by atoms with Crippen molar-refractivity contribution in [2.45, 2.75) is 25.3 Å². The third-order valence-electron chi connectivity index (χ3n) is 2.30. The minimum Gasteiger partial charge on any atom is -0.481 e. The molecule has 1 saturated heterocycles. The van der Waals surface area contributed by atoms with Crippen LogP contribution in [0, 0.1) is 0 Å². The quantitative estimate of drug-likeness (QED) is 0.612. The number of carbonyl (C=O) groups excluding carboxylic acids is 1. The van der Waals surface area contributed by atoms with Gasteiger partial charge in [-0.05, 0) is 26.4 Å². The fourth-order valence-electron chi connectivity index (χ4n) is 1.70. The molecule has 14 heavy (non-hydrogen) atoms. The minimum absolute atomic E-state index is 0.112. The van der Waals surface area contributed by atoms with Crippen molar-refractivity contribution in [1.29, 1.82) is 0 Å². The van der Waals surface area contributed by atoms with Crippen molar-refractivity contribution in [2.24, 2.45) is 0 Å². The number of nitrogens with zero attached hydrogens (tertiary/aromatic N) is 1. The van der Waals surface area contributed by atoms with E-state index in [-0.39, 0.29) is 6.04 Å². The number of likely N-dealkylation sites (N-methyl/N-ethyl adjacent to an activating group) is 1. The number of likely N-dealkylation sites (tertiary alicyclic amines) is 1. The molecular weight excluding hydrogens is 184 g/mol. The second-order valence-electron chi connectivity index (χ2n) is 3.74. The topological polar surface area (TPSA) is 69.6 Å². The number of piperidine rings is 1. The lowest BCUT2D eigenvalue weighted by Gasteiger charge is -2.30. The van der Waals surface area contributed by atoms with Gasteiger partial charge in [-0.1, -0.05) is 0 Å². The molecule has 1 unspecified atom stereocenters. The van der Waals surface area contributed by atoms with E-state index in [4.69, 9.17) is 5.11 Å². The van der Waals surface area contributed by atoms with Crippen LogP contribution >= 0.6 is 0 Å². The number of carbonyl (C=O) groups is 2. The van der Waals surface area contributed by atoms with E-state index < -0.39 is 18.3 Å². The van der Waals surface area contributed by atoms with Crippen LogP contribution in [0.5, 0.6) is 0 Å². The van der Waals surface area contributed by atoms with E-state index in [0.29, 0.717) is 0 Å². The van der Waals surface area contributed by atoms with Crippen LogP contribution in [0.3, 0.4) is 0 Å². The third kappa shape index (κ3) is 3.74. The number of hydrogen-bond acceptors (Lipinski definition) is 3. The lowest BCUT2D eigenvalue weighted by molar-refractivity contribution is -0.140. The largest absolute Gasteiger partial charge is 0.481 e. The van der Waals surface area contributed by atoms with Crippen molar-refractivity contribution in [1.82, 2.24) is 10.2 Å². The second kappa shape index (κ2) is 4.95. The van der Waals surface area contributed by atoms with Gasteiger partial charge in [0.1, 0.15) is 6.42 Å². The van der Waals surface area contributed by atoms with Gasteiger partial charge in [0, 0.05) is 12.6 Å². The van der Waals surface area contributed by atoms with Gasteiger partial charge in [-0.3, -0.25) is 9.59 Å². The molecule has 0 aromatic heterocycles. The molecule has 0 saturated carbocycles. The second-order valence-corrected chi connectivity index (χ2v) is 3.74. The Hall–Kier alpha value is -1.10. The molecule has 0 bridgehead atoms. The summed E-state index contributed by atoms with van der Waals surface area (Å²) in [5.41, 5.74) is 0. The van der Waals surface area contributed by atoms with Crippen LogP contribution in [-0.4, -0.2) is 48.1 Å². The van der Waals surface area contributed by atoms with E-state index in [1.54, 1.807) is 0 Å². The van der Waals surface area contributed by atoms with Gasteiger partial charge >= 0.3 is 5.97 Å². The van der Waals surface area contributed by atoms with Crippen LogP contribution in [0.4, 0.5) is 0 Å². The summed E-state index contributed by atoms with van der Waals surface area (Å²) in [5, 5.41) is 11.1. The molecule has 0 aromatic rings. The summed E-state index contributed by atoms with van der Waals surface area (Å²) in [5.74, 6) is -1.47. The fourth-order valence-corrected chi connectivity index (χ4v) is 1.70.